The van der Waals surface area contributed by atoms with Crippen molar-refractivity contribution in [2.24, 2.45) is 5.92 Å². The minimum absolute atomic E-state index is 0.101. The Hall–Kier alpha value is -1.65. The van der Waals surface area contributed by atoms with Crippen LogP contribution in [0.15, 0.2) is 53.4 Å². The highest BCUT2D eigenvalue weighted by Crippen LogP contribution is 2.53. The van der Waals surface area contributed by atoms with Crippen LogP contribution >= 0.6 is 0 Å². The van der Waals surface area contributed by atoms with E-state index >= 15 is 0 Å². The second-order valence-electron chi connectivity index (χ2n) is 6.29. The normalized spacial score (nSPS) is 23.7. The van der Waals surface area contributed by atoms with Gasteiger partial charge in [0.15, 0.2) is 9.84 Å². The molecule has 1 aliphatic rings. The van der Waals surface area contributed by atoms with E-state index in [2.05, 4.69) is 6.92 Å². The number of hydrogen-bond acceptors (Lipinski definition) is 3. The van der Waals surface area contributed by atoms with E-state index in [4.69, 9.17) is 0 Å². The van der Waals surface area contributed by atoms with Crippen molar-refractivity contribution >= 4 is 9.84 Å². The summed E-state index contributed by atoms with van der Waals surface area (Å²) < 4.78 is 25.7. The average Bonchev–Trinajstić information content (AvgIpc) is 3.31. The largest absolute Gasteiger partial charge is 0.396 e. The summed E-state index contributed by atoms with van der Waals surface area (Å²) in [6, 6.07) is 15.0. The molecule has 2 aromatic carbocycles. The fourth-order valence-corrected chi connectivity index (χ4v) is 5.48. The van der Waals surface area contributed by atoms with Gasteiger partial charge in [0.2, 0.25) is 0 Å². The molecule has 0 amide bonds. The molecule has 0 aromatic heterocycles. The molecular weight excluding hydrogens is 308 g/mol. The lowest BCUT2D eigenvalue weighted by molar-refractivity contribution is 0.274. The third kappa shape index (κ3) is 2.93. The van der Waals surface area contributed by atoms with Gasteiger partial charge in [0.25, 0.3) is 0 Å². The first-order valence-electron chi connectivity index (χ1n) is 7.99. The molecule has 122 valence electrons. The average molecular weight is 330 g/mol. The monoisotopic (exact) mass is 330 g/mol. The summed E-state index contributed by atoms with van der Waals surface area (Å²) >= 11 is 0. The van der Waals surface area contributed by atoms with Crippen LogP contribution in [-0.2, 0) is 16.3 Å². The first-order valence-corrected chi connectivity index (χ1v) is 9.54. The molecule has 2 aromatic rings. The van der Waals surface area contributed by atoms with Gasteiger partial charge < -0.3 is 5.11 Å². The molecule has 3 atom stereocenters. The van der Waals surface area contributed by atoms with Gasteiger partial charge in [-0.15, -0.1) is 0 Å². The van der Waals surface area contributed by atoms with Crippen LogP contribution in [0, 0.1) is 12.8 Å². The van der Waals surface area contributed by atoms with Crippen LogP contribution in [0.2, 0.25) is 0 Å². The van der Waals surface area contributed by atoms with Crippen LogP contribution < -0.4 is 0 Å². The van der Waals surface area contributed by atoms with Crippen molar-refractivity contribution in [3.63, 3.8) is 0 Å². The van der Waals surface area contributed by atoms with Crippen LogP contribution in [0.5, 0.6) is 0 Å². The third-order valence-electron chi connectivity index (χ3n) is 4.79. The Morgan fingerprint density at radius 2 is 1.61 bits per heavy atom. The van der Waals surface area contributed by atoms with Gasteiger partial charge in [0.1, 0.15) is 0 Å². The summed E-state index contributed by atoms with van der Waals surface area (Å²) in [5.41, 5.74) is 3.26. The smallest absolute Gasteiger partial charge is 0.182 e. The maximum Gasteiger partial charge on any atom is 0.182 e. The van der Waals surface area contributed by atoms with Crippen LogP contribution in [-0.4, -0.2) is 25.4 Å². The van der Waals surface area contributed by atoms with E-state index in [1.54, 1.807) is 12.1 Å². The molecule has 0 bridgehead atoms. The lowest BCUT2D eigenvalue weighted by Crippen LogP contribution is -2.11. The highest BCUT2D eigenvalue weighted by Gasteiger charge is 2.58. The van der Waals surface area contributed by atoms with Gasteiger partial charge in [-0.1, -0.05) is 48.9 Å². The zero-order valence-electron chi connectivity index (χ0n) is 13.4. The number of rotatable bonds is 5. The van der Waals surface area contributed by atoms with Crippen LogP contribution in [0.3, 0.4) is 0 Å². The number of sulfone groups is 1. The van der Waals surface area contributed by atoms with Crippen molar-refractivity contribution in [3.05, 3.63) is 65.2 Å². The summed E-state index contributed by atoms with van der Waals surface area (Å²) in [4.78, 5) is 0.347. The number of aliphatic hydroxyl groups is 1. The van der Waals surface area contributed by atoms with Gasteiger partial charge in [-0.2, -0.15) is 0 Å². The Morgan fingerprint density at radius 1 is 1.00 bits per heavy atom. The zero-order valence-corrected chi connectivity index (χ0v) is 14.3. The van der Waals surface area contributed by atoms with Gasteiger partial charge in [-0.05, 0) is 36.6 Å². The molecule has 1 fully saturated rings. The second kappa shape index (κ2) is 6.10. The minimum atomic E-state index is -3.42. The first-order chi connectivity index (χ1) is 11.0. The van der Waals surface area contributed by atoms with Crippen molar-refractivity contribution in [3.8, 4) is 0 Å². The maximum atomic E-state index is 12.9. The summed E-state index contributed by atoms with van der Waals surface area (Å²) in [7, 11) is -3.42. The van der Waals surface area contributed by atoms with Crippen LogP contribution in [0.25, 0.3) is 0 Å². The SMILES string of the molecule is CCc1ccc([C@@H]2[C@@H](CO)[C@H]2S(=O)(=O)c2ccc(C)cc2)cc1. The Morgan fingerprint density at radius 3 is 2.13 bits per heavy atom. The third-order valence-corrected chi connectivity index (χ3v) is 7.08. The second-order valence-corrected chi connectivity index (χ2v) is 8.40. The fraction of sp³-hybridized carbons (Fsp3) is 0.368. The molecule has 1 aliphatic carbocycles. The van der Waals surface area contributed by atoms with Crippen LogP contribution in [0.4, 0.5) is 0 Å². The number of aryl methyl sites for hydroxylation is 2. The number of aliphatic hydroxyl groups excluding tert-OH is 1. The molecule has 1 N–H and O–H groups in total. The van der Waals surface area contributed by atoms with Gasteiger partial charge in [0, 0.05) is 18.4 Å². The summed E-state index contributed by atoms with van der Waals surface area (Å²) in [5, 5.41) is 9.07. The van der Waals surface area contributed by atoms with E-state index in [9.17, 15) is 13.5 Å². The van der Waals surface area contributed by atoms with E-state index < -0.39 is 15.1 Å². The number of benzene rings is 2. The molecule has 23 heavy (non-hydrogen) atoms. The topological polar surface area (TPSA) is 54.4 Å². The van der Waals surface area contributed by atoms with Gasteiger partial charge in [-0.3, -0.25) is 0 Å². The van der Waals surface area contributed by atoms with Crippen molar-refractivity contribution in [2.45, 2.75) is 36.3 Å². The summed E-state index contributed by atoms with van der Waals surface area (Å²) in [6.07, 6.45) is 0.958. The first kappa shape index (κ1) is 16.2. The predicted molar refractivity (Wildman–Crippen MR) is 91.3 cm³/mol. The van der Waals surface area contributed by atoms with Crippen LogP contribution in [0.1, 0.15) is 29.5 Å². The quantitative estimate of drug-likeness (QED) is 0.916. The molecule has 0 saturated heterocycles. The van der Waals surface area contributed by atoms with Crippen molar-refractivity contribution < 1.29 is 13.5 Å². The molecule has 0 radical (unpaired) electrons. The Balaban J connectivity index is 1.90. The molecule has 3 nitrogen and oxygen atoms in total. The van der Waals surface area contributed by atoms with Gasteiger partial charge in [-0.25, -0.2) is 8.42 Å². The highest BCUT2D eigenvalue weighted by atomic mass is 32.2. The number of hydrogen-bond donors (Lipinski definition) is 1. The lowest BCUT2D eigenvalue weighted by Gasteiger charge is -2.05. The Kier molecular flexibility index (Phi) is 4.30. The van der Waals surface area contributed by atoms with Gasteiger partial charge in [0.05, 0.1) is 10.1 Å². The van der Waals surface area contributed by atoms with Crippen molar-refractivity contribution in [1.82, 2.24) is 0 Å². The van der Waals surface area contributed by atoms with Gasteiger partial charge >= 0.3 is 0 Å². The Bertz CT molecular complexity index is 776. The Labute approximate surface area is 137 Å². The minimum Gasteiger partial charge on any atom is -0.396 e. The standard InChI is InChI=1S/C19H22O3S/c1-3-14-6-8-15(9-7-14)18-17(12-20)19(18)23(21,22)16-10-4-13(2)5-11-16/h4-11,17-20H,3,12H2,1-2H3/t17-,18-,19-/m1/s1. The maximum absolute atomic E-state index is 12.9. The predicted octanol–water partition coefficient (Wildman–Crippen LogP) is 3.11. The van der Waals surface area contributed by atoms with Crippen molar-refractivity contribution in [1.29, 1.82) is 0 Å². The summed E-state index contributed by atoms with van der Waals surface area (Å²) in [5.74, 6) is -0.328. The molecule has 1 saturated carbocycles. The summed E-state index contributed by atoms with van der Waals surface area (Å²) in [6.45, 7) is 3.92. The molecule has 0 aliphatic heterocycles. The van der Waals surface area contributed by atoms with E-state index in [1.165, 1.54) is 5.56 Å². The lowest BCUT2D eigenvalue weighted by atomic mass is 10.1. The molecule has 0 spiro atoms. The highest BCUT2D eigenvalue weighted by molar-refractivity contribution is 7.92. The molecule has 4 heteroatoms. The molecule has 0 unspecified atom stereocenters. The van der Waals surface area contributed by atoms with E-state index in [0.717, 1.165) is 17.5 Å². The zero-order chi connectivity index (χ0) is 16.6. The van der Waals surface area contributed by atoms with E-state index in [-0.39, 0.29) is 18.4 Å². The molecular formula is C19H22O3S. The molecule has 0 heterocycles. The fourth-order valence-electron chi connectivity index (χ4n) is 3.28. The van der Waals surface area contributed by atoms with E-state index in [0.29, 0.717) is 4.90 Å². The molecule has 3 rings (SSSR count). The van der Waals surface area contributed by atoms with E-state index in [1.807, 2.05) is 43.3 Å². The van der Waals surface area contributed by atoms with Crippen molar-refractivity contribution in [2.75, 3.05) is 6.61 Å².